The fourth-order valence-corrected chi connectivity index (χ4v) is 6.09. The number of nitrogens with two attached hydrogens (primary N) is 1. The summed E-state index contributed by atoms with van der Waals surface area (Å²) in [5.74, 6) is 0.633. The summed E-state index contributed by atoms with van der Waals surface area (Å²) in [6.45, 7) is 3.67. The molecule has 0 radical (unpaired) electrons. The number of carbonyl (C=O) groups excluding carboxylic acids is 2. The number of likely N-dealkylation sites (tertiary alicyclic amines) is 1. The van der Waals surface area contributed by atoms with Crippen LogP contribution in [0.5, 0.6) is 0 Å². The molecule has 1 aliphatic carbocycles. The number of amides is 2. The normalized spacial score (nSPS) is 20.0. The van der Waals surface area contributed by atoms with Crippen LogP contribution < -0.4 is 21.3 Å². The van der Waals surface area contributed by atoms with Crippen molar-refractivity contribution in [3.63, 3.8) is 0 Å². The van der Waals surface area contributed by atoms with Crippen molar-refractivity contribution >= 4 is 40.7 Å². The Morgan fingerprint density at radius 1 is 0.976 bits per heavy atom. The maximum absolute atomic E-state index is 12.7. The van der Waals surface area contributed by atoms with E-state index in [4.69, 9.17) is 22.3 Å². The lowest BCUT2D eigenvalue weighted by Gasteiger charge is -2.34. The van der Waals surface area contributed by atoms with Gasteiger partial charge in [0.2, 0.25) is 0 Å². The molecule has 4 heterocycles. The van der Waals surface area contributed by atoms with Gasteiger partial charge in [0.05, 0.1) is 16.8 Å². The summed E-state index contributed by atoms with van der Waals surface area (Å²) in [4.78, 5) is 42.7. The number of halogens is 1. The molecule has 41 heavy (non-hydrogen) atoms. The molecule has 1 saturated carbocycles. The van der Waals surface area contributed by atoms with Crippen LogP contribution in [0.4, 0.5) is 17.3 Å². The van der Waals surface area contributed by atoms with Crippen LogP contribution in [0, 0.1) is 0 Å². The van der Waals surface area contributed by atoms with Crippen LogP contribution in [0.15, 0.2) is 48.9 Å². The summed E-state index contributed by atoms with van der Waals surface area (Å²) in [7, 11) is 0. The highest BCUT2D eigenvalue weighted by atomic mass is 35.5. The molecular weight excluding hydrogens is 540 g/mol. The van der Waals surface area contributed by atoms with Crippen molar-refractivity contribution in [1.82, 2.24) is 25.2 Å². The second-order valence-electron chi connectivity index (χ2n) is 11.2. The van der Waals surface area contributed by atoms with E-state index in [9.17, 15) is 9.59 Å². The molecule has 1 atom stereocenters. The molecule has 4 N–H and O–H groups in total. The molecule has 11 heteroatoms. The van der Waals surface area contributed by atoms with Crippen LogP contribution in [0.3, 0.4) is 0 Å². The summed E-state index contributed by atoms with van der Waals surface area (Å²) in [5, 5.41) is 6.75. The van der Waals surface area contributed by atoms with Crippen LogP contribution in [0.1, 0.15) is 70.9 Å². The molecule has 6 rings (SSSR count). The van der Waals surface area contributed by atoms with E-state index in [-0.39, 0.29) is 17.6 Å². The number of pyridine rings is 1. The number of aromatic nitrogens is 3. The van der Waals surface area contributed by atoms with Gasteiger partial charge in [0.1, 0.15) is 5.82 Å². The van der Waals surface area contributed by atoms with Gasteiger partial charge in [-0.15, -0.1) is 0 Å². The third-order valence-corrected chi connectivity index (χ3v) is 8.49. The largest absolute Gasteiger partial charge is 0.364 e. The predicted molar refractivity (Wildman–Crippen MR) is 159 cm³/mol. The van der Waals surface area contributed by atoms with Crippen molar-refractivity contribution in [2.45, 2.75) is 56.5 Å². The predicted octanol–water partition coefficient (Wildman–Crippen LogP) is 4.11. The van der Waals surface area contributed by atoms with Crippen molar-refractivity contribution in [1.29, 1.82) is 0 Å². The Balaban J connectivity index is 1.12. The van der Waals surface area contributed by atoms with Crippen molar-refractivity contribution in [3.05, 3.63) is 70.8 Å². The highest BCUT2D eigenvalue weighted by Gasteiger charge is 2.32. The van der Waals surface area contributed by atoms with E-state index in [0.717, 1.165) is 31.1 Å². The Morgan fingerprint density at radius 3 is 2.46 bits per heavy atom. The molecule has 1 aromatic carbocycles. The van der Waals surface area contributed by atoms with Gasteiger partial charge in [-0.3, -0.25) is 14.6 Å². The Morgan fingerprint density at radius 2 is 1.76 bits per heavy atom. The minimum atomic E-state index is -0.649. The van der Waals surface area contributed by atoms with Gasteiger partial charge in [-0.05, 0) is 81.3 Å². The fourth-order valence-electron chi connectivity index (χ4n) is 5.92. The molecule has 3 aromatic rings. The second-order valence-corrected chi connectivity index (χ2v) is 11.7. The first-order valence-corrected chi connectivity index (χ1v) is 14.7. The van der Waals surface area contributed by atoms with Gasteiger partial charge in [-0.2, -0.15) is 0 Å². The molecule has 0 spiro atoms. The zero-order valence-corrected chi connectivity index (χ0v) is 23.7. The maximum Gasteiger partial charge on any atom is 0.271 e. The first kappa shape index (κ1) is 27.4. The minimum absolute atomic E-state index is 0.0839. The van der Waals surface area contributed by atoms with Crippen LogP contribution in [0.2, 0.25) is 5.02 Å². The van der Waals surface area contributed by atoms with E-state index in [2.05, 4.69) is 42.5 Å². The first-order valence-electron chi connectivity index (χ1n) is 14.4. The van der Waals surface area contributed by atoms with Gasteiger partial charge >= 0.3 is 0 Å². The molecule has 2 aliphatic heterocycles. The maximum atomic E-state index is 12.7. The number of nitrogens with one attached hydrogen (secondary N) is 2. The van der Waals surface area contributed by atoms with Crippen molar-refractivity contribution in [2.24, 2.45) is 5.73 Å². The molecule has 1 unspecified atom stereocenters. The Labute approximate surface area is 244 Å². The molecule has 10 nitrogen and oxygen atoms in total. The zero-order valence-electron chi connectivity index (χ0n) is 22.9. The van der Waals surface area contributed by atoms with Crippen molar-refractivity contribution in [3.8, 4) is 0 Å². The van der Waals surface area contributed by atoms with E-state index in [1.807, 2.05) is 12.1 Å². The first-order chi connectivity index (χ1) is 19.9. The smallest absolute Gasteiger partial charge is 0.271 e. The van der Waals surface area contributed by atoms with Gasteiger partial charge < -0.3 is 26.2 Å². The number of primary amides is 1. The summed E-state index contributed by atoms with van der Waals surface area (Å²) >= 11 is 6.00. The summed E-state index contributed by atoms with van der Waals surface area (Å²) < 4.78 is 0. The molecule has 2 aromatic heterocycles. The number of anilines is 3. The number of carbonyl (C=O) groups is 2. The lowest BCUT2D eigenvalue weighted by atomic mass is 9.89. The van der Waals surface area contributed by atoms with Crippen molar-refractivity contribution < 1.29 is 9.59 Å². The molecule has 0 bridgehead atoms. The number of nitrogens with zero attached hydrogens (tertiary/aromatic N) is 5. The van der Waals surface area contributed by atoms with Gasteiger partial charge in [0.15, 0.2) is 11.5 Å². The van der Waals surface area contributed by atoms with Gasteiger partial charge in [0, 0.05) is 43.3 Å². The third kappa shape index (κ3) is 6.60. The quantitative estimate of drug-likeness (QED) is 0.366. The van der Waals surface area contributed by atoms with Gasteiger partial charge in [0.25, 0.3) is 11.8 Å². The van der Waals surface area contributed by atoms with E-state index in [0.29, 0.717) is 34.7 Å². The fraction of sp³-hybridized carbons (Fsp3) is 0.433. The van der Waals surface area contributed by atoms with E-state index >= 15 is 0 Å². The monoisotopic (exact) mass is 574 g/mol. The zero-order chi connectivity index (χ0) is 28.3. The van der Waals surface area contributed by atoms with Crippen LogP contribution >= 0.6 is 11.6 Å². The van der Waals surface area contributed by atoms with E-state index in [1.165, 1.54) is 56.7 Å². The average Bonchev–Trinajstić information content (AvgIpc) is 3.84. The lowest BCUT2D eigenvalue weighted by molar-refractivity contribution is 0.0931. The standard InChI is InChI=1S/C30H35ClN8O2/c31-22-14-21(15-33-16-22)30(41)36-24-2-1-11-39(18-24)26-17-34-27(28(32)40)29(37-26)35-23-5-3-19(4-6-23)20-9-12-38(13-10-20)25-7-8-25/h3-6,14-17,20,24-25H,1-2,7-13,18H2,(H2,32,40)(H,35,37)(H,36,41). The van der Waals surface area contributed by atoms with Crippen LogP contribution in [-0.4, -0.2) is 69.9 Å². The average molecular weight is 575 g/mol. The minimum Gasteiger partial charge on any atom is -0.364 e. The van der Waals surface area contributed by atoms with E-state index < -0.39 is 5.91 Å². The number of hydrogen-bond acceptors (Lipinski definition) is 8. The second kappa shape index (κ2) is 12.0. The molecule has 214 valence electrons. The summed E-state index contributed by atoms with van der Waals surface area (Å²) in [6.07, 6.45) is 11.4. The summed E-state index contributed by atoms with van der Waals surface area (Å²) in [6, 6.07) is 10.7. The van der Waals surface area contributed by atoms with Crippen LogP contribution in [-0.2, 0) is 0 Å². The number of rotatable bonds is 8. The summed E-state index contributed by atoms with van der Waals surface area (Å²) in [5.41, 5.74) is 8.30. The van der Waals surface area contributed by atoms with Gasteiger partial charge in [-0.25, -0.2) is 9.97 Å². The topological polar surface area (TPSA) is 129 Å². The Hall–Kier alpha value is -3.76. The van der Waals surface area contributed by atoms with E-state index in [1.54, 1.807) is 12.3 Å². The van der Waals surface area contributed by atoms with Gasteiger partial charge in [-0.1, -0.05) is 23.7 Å². The number of piperidine rings is 2. The Bertz CT molecular complexity index is 1410. The van der Waals surface area contributed by atoms with Crippen molar-refractivity contribution in [2.75, 3.05) is 36.4 Å². The molecule has 3 fully saturated rings. The Kier molecular flexibility index (Phi) is 8.02. The SMILES string of the molecule is NC(=O)c1ncc(N2CCCC(NC(=O)c3cncc(Cl)c3)C2)nc1Nc1ccc(C2CCN(C3CC3)CC2)cc1. The molecule has 3 aliphatic rings. The lowest BCUT2D eigenvalue weighted by Crippen LogP contribution is -2.48. The number of benzene rings is 1. The molecule has 2 saturated heterocycles. The number of hydrogen-bond donors (Lipinski definition) is 3. The highest BCUT2D eigenvalue weighted by molar-refractivity contribution is 6.30. The molecule has 2 amide bonds. The third-order valence-electron chi connectivity index (χ3n) is 8.28. The molecular formula is C30H35ClN8O2. The van der Waals surface area contributed by atoms with Crippen LogP contribution in [0.25, 0.3) is 0 Å². The highest BCUT2D eigenvalue weighted by Crippen LogP contribution is 2.35.